The van der Waals surface area contributed by atoms with Crippen LogP contribution in [-0.4, -0.2) is 49.4 Å². The molecule has 0 radical (unpaired) electrons. The van der Waals surface area contributed by atoms with E-state index in [1.165, 1.54) is 0 Å². The summed E-state index contributed by atoms with van der Waals surface area (Å²) in [5.74, 6) is 2.53. The number of ether oxygens (including phenoxy) is 3. The number of rotatable bonds is 7. The number of imide groups is 1. The maximum Gasteiger partial charge on any atom is 0.322 e. The Balaban J connectivity index is 1.42. The summed E-state index contributed by atoms with van der Waals surface area (Å²) in [7, 11) is 1.63. The van der Waals surface area contributed by atoms with Crippen molar-refractivity contribution < 1.29 is 23.8 Å². The minimum Gasteiger partial charge on any atom is -0.493 e. The summed E-state index contributed by atoms with van der Waals surface area (Å²) < 4.78 is 16.4. The molecule has 0 spiro atoms. The number of carbonyl (C=O) groups excluding carboxylic acids is 2. The third kappa shape index (κ3) is 3.93. The van der Waals surface area contributed by atoms with Crippen molar-refractivity contribution in [3.63, 3.8) is 0 Å². The van der Waals surface area contributed by atoms with Gasteiger partial charge in [-0.3, -0.25) is 15.0 Å². The largest absolute Gasteiger partial charge is 0.493 e. The minimum absolute atomic E-state index is 0.144. The highest BCUT2D eigenvalue weighted by molar-refractivity contribution is 6.07. The molecule has 2 fully saturated rings. The molecule has 3 amide bonds. The number of likely N-dealkylation sites (tertiary alicyclic amines) is 1. The van der Waals surface area contributed by atoms with Crippen LogP contribution in [0.5, 0.6) is 17.2 Å². The second-order valence-electron chi connectivity index (χ2n) is 8.89. The zero-order valence-corrected chi connectivity index (χ0v) is 18.0. The molecule has 4 rings (SSSR count). The highest BCUT2D eigenvalue weighted by Crippen LogP contribution is 2.42. The third-order valence-electron chi connectivity index (χ3n) is 6.49. The maximum atomic E-state index is 12.7. The van der Waals surface area contributed by atoms with Crippen LogP contribution in [0.4, 0.5) is 4.79 Å². The highest BCUT2D eigenvalue weighted by atomic mass is 16.7. The summed E-state index contributed by atoms with van der Waals surface area (Å²) in [6, 6.07) is 3.64. The van der Waals surface area contributed by atoms with E-state index in [1.54, 1.807) is 7.11 Å². The van der Waals surface area contributed by atoms with Gasteiger partial charge in [0.2, 0.25) is 12.5 Å². The van der Waals surface area contributed by atoms with E-state index in [-0.39, 0.29) is 24.6 Å². The van der Waals surface area contributed by atoms with Gasteiger partial charge in [-0.05, 0) is 68.3 Å². The molecule has 1 aromatic carbocycles. The Bertz CT molecular complexity index is 819. The Morgan fingerprint density at radius 1 is 1.23 bits per heavy atom. The molecule has 0 aromatic heterocycles. The van der Waals surface area contributed by atoms with Crippen molar-refractivity contribution in [3.8, 4) is 17.2 Å². The number of benzene rings is 1. The lowest BCUT2D eigenvalue weighted by molar-refractivity contribution is -0.127. The van der Waals surface area contributed by atoms with E-state index in [9.17, 15) is 9.59 Å². The standard InChI is InChI=1S/C22H31N3O5/c1-14(2)4-7-22(20(26)23-21(27)24-22)16-5-8-25(9-6-16)12-15-10-17(28-3)19-18(11-15)29-13-30-19/h10-11,14,16H,4-9,12-13H2,1-3H3,(H2,23,24,26,27)/t22-/m0/s1. The first kappa shape index (κ1) is 20.8. The quantitative estimate of drug-likeness (QED) is 0.663. The Labute approximate surface area is 177 Å². The Morgan fingerprint density at radius 2 is 2.00 bits per heavy atom. The number of nitrogens with zero attached hydrogens (tertiary/aromatic N) is 1. The van der Waals surface area contributed by atoms with Crippen LogP contribution in [-0.2, 0) is 11.3 Å². The molecule has 30 heavy (non-hydrogen) atoms. The van der Waals surface area contributed by atoms with E-state index >= 15 is 0 Å². The fourth-order valence-corrected chi connectivity index (χ4v) is 4.81. The van der Waals surface area contributed by atoms with Crippen molar-refractivity contribution in [2.24, 2.45) is 11.8 Å². The summed E-state index contributed by atoms with van der Waals surface area (Å²) in [4.78, 5) is 27.0. The number of methoxy groups -OCH3 is 1. The van der Waals surface area contributed by atoms with E-state index in [1.807, 2.05) is 12.1 Å². The van der Waals surface area contributed by atoms with Crippen molar-refractivity contribution in [2.75, 3.05) is 27.0 Å². The number of urea groups is 1. The lowest BCUT2D eigenvalue weighted by atomic mass is 9.74. The van der Waals surface area contributed by atoms with Gasteiger partial charge >= 0.3 is 6.03 Å². The van der Waals surface area contributed by atoms with E-state index in [0.717, 1.165) is 50.2 Å². The van der Waals surface area contributed by atoms with Gasteiger partial charge in [0.15, 0.2) is 11.5 Å². The van der Waals surface area contributed by atoms with Crippen molar-refractivity contribution in [3.05, 3.63) is 17.7 Å². The molecule has 2 N–H and O–H groups in total. The molecular formula is C22H31N3O5. The van der Waals surface area contributed by atoms with Crippen LogP contribution in [0.15, 0.2) is 12.1 Å². The summed E-state index contributed by atoms with van der Waals surface area (Å²) >= 11 is 0. The molecule has 0 bridgehead atoms. The van der Waals surface area contributed by atoms with Crippen LogP contribution in [0, 0.1) is 11.8 Å². The number of fused-ring (bicyclic) bond motifs is 1. The molecular weight excluding hydrogens is 386 g/mol. The van der Waals surface area contributed by atoms with E-state index in [0.29, 0.717) is 23.8 Å². The maximum absolute atomic E-state index is 12.7. The topological polar surface area (TPSA) is 89.1 Å². The molecule has 3 aliphatic rings. The smallest absolute Gasteiger partial charge is 0.322 e. The second kappa shape index (κ2) is 8.34. The molecule has 2 saturated heterocycles. The first-order valence-corrected chi connectivity index (χ1v) is 10.7. The average Bonchev–Trinajstić information content (AvgIpc) is 3.30. The number of carbonyl (C=O) groups is 2. The van der Waals surface area contributed by atoms with Gasteiger partial charge in [0, 0.05) is 6.54 Å². The molecule has 3 heterocycles. The first-order chi connectivity index (χ1) is 14.4. The number of hydrogen-bond donors (Lipinski definition) is 2. The number of nitrogens with one attached hydrogen (secondary N) is 2. The molecule has 8 nitrogen and oxygen atoms in total. The summed E-state index contributed by atoms with van der Waals surface area (Å²) in [5, 5.41) is 5.46. The molecule has 0 saturated carbocycles. The van der Waals surface area contributed by atoms with Gasteiger partial charge in [-0.15, -0.1) is 0 Å². The normalized spacial score (nSPS) is 24.3. The van der Waals surface area contributed by atoms with Crippen molar-refractivity contribution in [2.45, 2.75) is 51.6 Å². The zero-order chi connectivity index (χ0) is 21.3. The zero-order valence-electron chi connectivity index (χ0n) is 18.0. The van der Waals surface area contributed by atoms with Crippen LogP contribution < -0.4 is 24.8 Å². The summed E-state index contributed by atoms with van der Waals surface area (Å²) in [5.41, 5.74) is 0.339. The van der Waals surface area contributed by atoms with Gasteiger partial charge in [-0.2, -0.15) is 0 Å². The number of amides is 3. The number of hydrogen-bond acceptors (Lipinski definition) is 6. The SMILES string of the molecule is COc1cc(CN2CCC([C@]3(CCC(C)C)NC(=O)NC3=O)CC2)cc2c1OCO2. The lowest BCUT2D eigenvalue weighted by Gasteiger charge is -2.41. The molecule has 1 atom stereocenters. The van der Waals surface area contributed by atoms with Crippen LogP contribution in [0.25, 0.3) is 0 Å². The van der Waals surface area contributed by atoms with E-state index < -0.39 is 5.54 Å². The lowest BCUT2D eigenvalue weighted by Crippen LogP contribution is -2.56. The Hall–Kier alpha value is -2.48. The number of piperidine rings is 1. The molecule has 3 aliphatic heterocycles. The van der Waals surface area contributed by atoms with E-state index in [4.69, 9.17) is 14.2 Å². The van der Waals surface area contributed by atoms with Crippen LogP contribution >= 0.6 is 0 Å². The molecule has 0 unspecified atom stereocenters. The highest BCUT2D eigenvalue weighted by Gasteiger charge is 2.51. The fraction of sp³-hybridized carbons (Fsp3) is 0.636. The molecule has 1 aromatic rings. The monoisotopic (exact) mass is 417 g/mol. The van der Waals surface area contributed by atoms with Gasteiger partial charge in [0.1, 0.15) is 5.54 Å². The van der Waals surface area contributed by atoms with Gasteiger partial charge in [-0.1, -0.05) is 13.8 Å². The summed E-state index contributed by atoms with van der Waals surface area (Å²) in [6.07, 6.45) is 3.33. The predicted molar refractivity (Wildman–Crippen MR) is 111 cm³/mol. The Kier molecular flexibility index (Phi) is 5.77. The molecule has 164 valence electrons. The van der Waals surface area contributed by atoms with Crippen LogP contribution in [0.2, 0.25) is 0 Å². The van der Waals surface area contributed by atoms with Gasteiger partial charge in [0.25, 0.3) is 5.91 Å². The van der Waals surface area contributed by atoms with Crippen molar-refractivity contribution in [1.29, 1.82) is 0 Å². The predicted octanol–water partition coefficient (Wildman–Crippen LogP) is 2.65. The fourth-order valence-electron chi connectivity index (χ4n) is 4.81. The van der Waals surface area contributed by atoms with Crippen LogP contribution in [0.1, 0.15) is 45.1 Å². The van der Waals surface area contributed by atoms with Crippen molar-refractivity contribution >= 4 is 11.9 Å². The molecule has 8 heteroatoms. The second-order valence-corrected chi connectivity index (χ2v) is 8.89. The van der Waals surface area contributed by atoms with Crippen LogP contribution in [0.3, 0.4) is 0 Å². The summed E-state index contributed by atoms with van der Waals surface area (Å²) in [6.45, 7) is 7.02. The van der Waals surface area contributed by atoms with Crippen molar-refractivity contribution in [1.82, 2.24) is 15.5 Å². The van der Waals surface area contributed by atoms with Gasteiger partial charge < -0.3 is 19.5 Å². The third-order valence-corrected chi connectivity index (χ3v) is 6.49. The minimum atomic E-state index is -0.768. The van der Waals surface area contributed by atoms with Gasteiger partial charge in [0.05, 0.1) is 7.11 Å². The van der Waals surface area contributed by atoms with E-state index in [2.05, 4.69) is 29.4 Å². The average molecular weight is 418 g/mol. The first-order valence-electron chi connectivity index (χ1n) is 10.7. The Morgan fingerprint density at radius 3 is 2.63 bits per heavy atom. The molecule has 0 aliphatic carbocycles. The van der Waals surface area contributed by atoms with Gasteiger partial charge in [-0.25, -0.2) is 4.79 Å².